The van der Waals surface area contributed by atoms with Crippen molar-refractivity contribution in [1.29, 1.82) is 0 Å². The third-order valence-electron chi connectivity index (χ3n) is 3.49. The zero-order chi connectivity index (χ0) is 17.8. The number of pyridine rings is 2. The van der Waals surface area contributed by atoms with Crippen molar-refractivity contribution in [2.24, 2.45) is 0 Å². The van der Waals surface area contributed by atoms with Crippen molar-refractivity contribution in [3.63, 3.8) is 0 Å². The summed E-state index contributed by atoms with van der Waals surface area (Å²) in [5.41, 5.74) is 0.628. The lowest BCUT2D eigenvalue weighted by atomic mass is 10.0. The zero-order valence-electron chi connectivity index (χ0n) is 12.9. The maximum Gasteiger partial charge on any atom is 0.354 e. The molecule has 3 aromatic rings. The third kappa shape index (κ3) is 3.48. The van der Waals surface area contributed by atoms with Gasteiger partial charge in [-0.2, -0.15) is 0 Å². The van der Waals surface area contributed by atoms with Gasteiger partial charge in [0.15, 0.2) is 0 Å². The van der Waals surface area contributed by atoms with Crippen molar-refractivity contribution in [3.05, 3.63) is 95.1 Å². The molecular weight excluding hydrogens is 320 g/mol. The number of carbonyl (C=O) groups is 3. The molecule has 0 aliphatic rings. The van der Waals surface area contributed by atoms with E-state index in [1.165, 1.54) is 30.5 Å². The lowest BCUT2D eigenvalue weighted by molar-refractivity contribution is 0.0690. The number of carboxylic acids is 1. The molecule has 0 unspecified atom stereocenters. The van der Waals surface area contributed by atoms with E-state index in [1.807, 2.05) is 0 Å². The molecule has 0 saturated carbocycles. The summed E-state index contributed by atoms with van der Waals surface area (Å²) in [5, 5.41) is 8.98. The van der Waals surface area contributed by atoms with Gasteiger partial charge in [0.05, 0.1) is 0 Å². The highest BCUT2D eigenvalue weighted by atomic mass is 16.4. The Hall–Kier alpha value is -3.67. The van der Waals surface area contributed by atoms with Crippen LogP contribution in [0.15, 0.2) is 66.9 Å². The van der Waals surface area contributed by atoms with E-state index in [-0.39, 0.29) is 28.4 Å². The predicted molar refractivity (Wildman–Crippen MR) is 88.7 cm³/mol. The van der Waals surface area contributed by atoms with E-state index in [2.05, 4.69) is 9.97 Å². The molecule has 1 N–H and O–H groups in total. The molecule has 0 saturated heterocycles. The van der Waals surface area contributed by atoms with Gasteiger partial charge >= 0.3 is 5.97 Å². The van der Waals surface area contributed by atoms with Crippen LogP contribution in [0.1, 0.15) is 42.6 Å². The molecule has 3 rings (SSSR count). The molecule has 2 heterocycles. The molecule has 0 aliphatic carbocycles. The Bertz CT molecular complexity index is 968. The Kier molecular flexibility index (Phi) is 4.43. The molecule has 0 bridgehead atoms. The summed E-state index contributed by atoms with van der Waals surface area (Å²) < 4.78 is 0. The largest absolute Gasteiger partial charge is 0.477 e. The van der Waals surface area contributed by atoms with Gasteiger partial charge in [-0.25, -0.2) is 9.78 Å². The van der Waals surface area contributed by atoms with Gasteiger partial charge in [0, 0.05) is 17.3 Å². The summed E-state index contributed by atoms with van der Waals surface area (Å²) in [4.78, 5) is 43.8. The van der Waals surface area contributed by atoms with Crippen molar-refractivity contribution in [2.45, 2.75) is 0 Å². The first-order chi connectivity index (χ1) is 12.1. The molecule has 0 aliphatic heterocycles. The average molecular weight is 332 g/mol. The van der Waals surface area contributed by atoms with E-state index in [1.54, 1.807) is 36.4 Å². The molecule has 0 spiro atoms. The highest BCUT2D eigenvalue weighted by molar-refractivity contribution is 6.12. The average Bonchev–Trinajstić information content (AvgIpc) is 2.67. The zero-order valence-corrected chi connectivity index (χ0v) is 12.9. The molecule has 122 valence electrons. The van der Waals surface area contributed by atoms with Crippen LogP contribution in [0.2, 0.25) is 0 Å². The molecule has 2 aromatic heterocycles. The van der Waals surface area contributed by atoms with E-state index in [0.29, 0.717) is 5.56 Å². The summed E-state index contributed by atoms with van der Waals surface area (Å²) in [7, 11) is 0. The minimum Gasteiger partial charge on any atom is -0.477 e. The van der Waals surface area contributed by atoms with Crippen molar-refractivity contribution < 1.29 is 19.5 Å². The van der Waals surface area contributed by atoms with Crippen LogP contribution in [0.4, 0.5) is 0 Å². The van der Waals surface area contributed by atoms with E-state index >= 15 is 0 Å². The summed E-state index contributed by atoms with van der Waals surface area (Å²) in [6.45, 7) is 0. The van der Waals surface area contributed by atoms with Crippen LogP contribution in [-0.4, -0.2) is 32.6 Å². The van der Waals surface area contributed by atoms with Crippen LogP contribution in [0.3, 0.4) is 0 Å². The van der Waals surface area contributed by atoms with E-state index in [9.17, 15) is 14.4 Å². The van der Waals surface area contributed by atoms with E-state index in [4.69, 9.17) is 5.11 Å². The second-order valence-electron chi connectivity index (χ2n) is 5.17. The van der Waals surface area contributed by atoms with Gasteiger partial charge in [0.1, 0.15) is 17.1 Å². The maximum absolute atomic E-state index is 12.6. The van der Waals surface area contributed by atoms with Crippen LogP contribution < -0.4 is 0 Å². The number of hydrogen-bond acceptors (Lipinski definition) is 5. The van der Waals surface area contributed by atoms with Gasteiger partial charge in [-0.05, 0) is 30.3 Å². The summed E-state index contributed by atoms with van der Waals surface area (Å²) in [5.74, 6) is -1.98. The van der Waals surface area contributed by atoms with Crippen molar-refractivity contribution in [2.75, 3.05) is 0 Å². The summed E-state index contributed by atoms with van der Waals surface area (Å²) in [6, 6.07) is 15.4. The van der Waals surface area contributed by atoms with Crippen LogP contribution in [0.25, 0.3) is 0 Å². The van der Waals surface area contributed by atoms with Crippen molar-refractivity contribution >= 4 is 17.5 Å². The highest BCUT2D eigenvalue weighted by Gasteiger charge is 2.16. The molecule has 0 fully saturated rings. The number of hydrogen-bond donors (Lipinski definition) is 1. The molecule has 25 heavy (non-hydrogen) atoms. The smallest absolute Gasteiger partial charge is 0.354 e. The predicted octanol–water partition coefficient (Wildman–Crippen LogP) is 2.64. The van der Waals surface area contributed by atoms with E-state index < -0.39 is 11.8 Å². The third-order valence-corrected chi connectivity index (χ3v) is 3.49. The Morgan fingerprint density at radius 2 is 1.32 bits per heavy atom. The maximum atomic E-state index is 12.6. The molecule has 0 atom stereocenters. The standard InChI is InChI=1S/C19H12N2O4/c22-17(14-7-1-2-10-20-14)12-5-3-6-13(11-12)18(23)15-8-4-9-16(21-15)19(24)25/h1-11H,(H,24,25). The summed E-state index contributed by atoms with van der Waals surface area (Å²) >= 11 is 0. The fourth-order valence-electron chi connectivity index (χ4n) is 2.27. The number of aromatic nitrogens is 2. The topological polar surface area (TPSA) is 97.2 Å². The van der Waals surface area contributed by atoms with Crippen LogP contribution in [0.5, 0.6) is 0 Å². The fourth-order valence-corrected chi connectivity index (χ4v) is 2.27. The van der Waals surface area contributed by atoms with Crippen molar-refractivity contribution in [3.8, 4) is 0 Å². The quantitative estimate of drug-likeness (QED) is 0.721. The normalized spacial score (nSPS) is 10.2. The lowest BCUT2D eigenvalue weighted by Crippen LogP contribution is -2.10. The van der Waals surface area contributed by atoms with Gasteiger partial charge in [0.25, 0.3) is 0 Å². The molecule has 6 heteroatoms. The fraction of sp³-hybridized carbons (Fsp3) is 0. The molecule has 0 amide bonds. The molecule has 6 nitrogen and oxygen atoms in total. The monoisotopic (exact) mass is 332 g/mol. The number of rotatable bonds is 5. The Balaban J connectivity index is 1.94. The molecule has 0 radical (unpaired) electrons. The number of aromatic carboxylic acids is 1. The van der Waals surface area contributed by atoms with E-state index in [0.717, 1.165) is 0 Å². The second kappa shape index (κ2) is 6.84. The number of benzene rings is 1. The second-order valence-corrected chi connectivity index (χ2v) is 5.17. The SMILES string of the molecule is O=C(O)c1cccc(C(=O)c2cccc(C(=O)c3ccccn3)c2)n1. The van der Waals surface area contributed by atoms with Gasteiger partial charge in [0.2, 0.25) is 11.6 Å². The minimum absolute atomic E-state index is 0.00216. The van der Waals surface area contributed by atoms with Crippen LogP contribution in [-0.2, 0) is 0 Å². The number of carboxylic acid groups (broad SMARTS) is 1. The summed E-state index contributed by atoms with van der Waals surface area (Å²) in [6.07, 6.45) is 1.52. The first-order valence-corrected chi connectivity index (χ1v) is 7.37. The number of ketones is 2. The number of carbonyl (C=O) groups excluding carboxylic acids is 2. The lowest BCUT2D eigenvalue weighted by Gasteiger charge is -2.05. The van der Waals surface area contributed by atoms with Gasteiger partial charge in [-0.15, -0.1) is 0 Å². The van der Waals surface area contributed by atoms with Crippen LogP contribution >= 0.6 is 0 Å². The Labute approximate surface area is 142 Å². The van der Waals surface area contributed by atoms with Crippen LogP contribution in [0, 0.1) is 0 Å². The number of nitrogens with zero attached hydrogens (tertiary/aromatic N) is 2. The van der Waals surface area contributed by atoms with Gasteiger partial charge in [-0.1, -0.05) is 30.3 Å². The van der Waals surface area contributed by atoms with Gasteiger partial charge < -0.3 is 5.11 Å². The first-order valence-electron chi connectivity index (χ1n) is 7.37. The van der Waals surface area contributed by atoms with Crippen molar-refractivity contribution in [1.82, 2.24) is 9.97 Å². The van der Waals surface area contributed by atoms with Gasteiger partial charge in [-0.3, -0.25) is 14.6 Å². The molecule has 1 aromatic carbocycles. The first kappa shape index (κ1) is 16.2. The Morgan fingerprint density at radius 1 is 0.720 bits per heavy atom. The highest BCUT2D eigenvalue weighted by Crippen LogP contribution is 2.14. The molecular formula is C19H12N2O4. The minimum atomic E-state index is -1.21. The Morgan fingerprint density at radius 3 is 1.96 bits per heavy atom.